The molecule has 10 nitrogen and oxygen atoms in total. The number of anilines is 3. The Labute approximate surface area is 568 Å². The van der Waals surface area contributed by atoms with E-state index in [-0.39, 0.29) is 56.4 Å². The predicted molar refractivity (Wildman–Crippen MR) is 342 cm³/mol. The largest absolute Gasteiger partial charge is 0.573 e. The van der Waals surface area contributed by atoms with Crippen molar-refractivity contribution in [3.8, 4) is 23.0 Å². The summed E-state index contributed by atoms with van der Waals surface area (Å²) in [6.45, 7) is 3.78. The average Bonchev–Trinajstić information content (AvgIpc) is 1.54. The number of aryl methyl sites for hydroxylation is 2. The minimum absolute atomic E-state index is 0.00507. The lowest BCUT2D eigenvalue weighted by atomic mass is 9.70. The van der Waals surface area contributed by atoms with Gasteiger partial charge in [-0.15, -0.1) is 13.2 Å². The van der Waals surface area contributed by atoms with Gasteiger partial charge in [-0.3, -0.25) is 14.4 Å². The van der Waals surface area contributed by atoms with Gasteiger partial charge < -0.3 is 36.0 Å². The smallest absolute Gasteiger partial charge is 0.508 e. The number of benzene rings is 9. The van der Waals surface area contributed by atoms with Crippen LogP contribution in [0.4, 0.5) is 69.7 Å². The molecule has 3 amide bonds. The lowest BCUT2D eigenvalue weighted by Crippen LogP contribution is -2.37. The predicted octanol–water partition coefficient (Wildman–Crippen LogP) is 19.6. The van der Waals surface area contributed by atoms with E-state index < -0.39 is 95.6 Å². The van der Waals surface area contributed by atoms with Gasteiger partial charge in [0.2, 0.25) is 17.7 Å². The fourth-order valence-corrected chi connectivity index (χ4v) is 11.6. The Bertz CT molecular complexity index is 4000. The van der Waals surface area contributed by atoms with Crippen LogP contribution in [0.25, 0.3) is 0 Å². The van der Waals surface area contributed by atoms with Crippen LogP contribution in [0.3, 0.4) is 0 Å². The molecule has 3 heterocycles. The Hall–Kier alpha value is -8.51. The fraction of sp³-hybridized carbons (Fsp3) is 0.162. The summed E-state index contributed by atoms with van der Waals surface area (Å²) in [7, 11) is 0. The van der Waals surface area contributed by atoms with Crippen molar-refractivity contribution < 1.29 is 87.1 Å². The number of para-hydroxylation sites is 3. The molecule has 9 aromatic carbocycles. The molecular weight excluding hydrogens is 1410 g/mol. The number of carbonyl (C=O) groups excluding carboxylic acids is 3. The molecule has 96 heavy (non-hydrogen) atoms. The third kappa shape index (κ3) is 15.2. The second-order valence-electron chi connectivity index (χ2n) is 21.2. The minimum atomic E-state index is -4.94. The fourth-order valence-electron chi connectivity index (χ4n) is 11.6. The molecule has 9 aromatic rings. The molecule has 12 rings (SSSR count). The number of hydrogen-bond donors (Lipinski definition) is 6. The molecule has 502 valence electrons. The molecule has 0 fully saturated rings. The van der Waals surface area contributed by atoms with Gasteiger partial charge in [-0.25, -0.2) is 0 Å². The van der Waals surface area contributed by atoms with Gasteiger partial charge >= 0.3 is 24.9 Å². The summed E-state index contributed by atoms with van der Waals surface area (Å²) in [4.78, 5) is 39.8. The minimum Gasteiger partial charge on any atom is -0.508 e. The molecule has 6 N–H and O–H groups in total. The second-order valence-corrected chi connectivity index (χ2v) is 25.2. The number of rotatable bonds is 7. The Morgan fingerprint density at radius 2 is 0.552 bits per heavy atom. The zero-order valence-electron chi connectivity index (χ0n) is 49.0. The topological polar surface area (TPSA) is 157 Å². The molecule has 1 unspecified atom stereocenters. The van der Waals surface area contributed by atoms with Crippen LogP contribution >= 0.6 is 69.6 Å². The van der Waals surface area contributed by atoms with Crippen molar-refractivity contribution >= 4 is 104 Å². The van der Waals surface area contributed by atoms with E-state index >= 15 is 0 Å². The number of amides is 3. The first-order valence-electron chi connectivity index (χ1n) is 27.7. The van der Waals surface area contributed by atoms with Crippen LogP contribution in [0, 0.1) is 13.8 Å². The number of nitrogens with one attached hydrogen (secondary N) is 3. The van der Waals surface area contributed by atoms with Crippen LogP contribution in [0.5, 0.6) is 23.0 Å². The van der Waals surface area contributed by atoms with E-state index in [0.29, 0.717) is 22.3 Å². The van der Waals surface area contributed by atoms with Gasteiger partial charge in [-0.05, 0) is 114 Å². The SMILES string of the molecule is Cc1ccc(C2(c3ccc(O)cc3)C(=O)Nc3c(C(F)(F)F)cccc32)cc1.Cc1ccc([C@]2(c3ccc(O)cc3)C(=O)Nc3c(C(F)(F)F)cccc32)cc1.ClC(Cl)Cl.ClC(Cl)Cl.O=C1Nc2c(C(F)(F)F)cccc2[C@@]1(c1ccc(O)cc1)c1ccc(OC(F)(F)F)cc1. The highest BCUT2D eigenvalue weighted by Gasteiger charge is 2.56. The highest BCUT2D eigenvalue weighted by Crippen LogP contribution is 2.55. The Balaban J connectivity index is 0.000000174. The van der Waals surface area contributed by atoms with Gasteiger partial charge in [0, 0.05) is 16.7 Å². The maximum absolute atomic E-state index is 13.6. The molecule has 0 aliphatic carbocycles. The summed E-state index contributed by atoms with van der Waals surface area (Å²) in [6, 6.07) is 46.7. The maximum Gasteiger partial charge on any atom is 0.573 e. The van der Waals surface area contributed by atoms with Crippen molar-refractivity contribution in [1.82, 2.24) is 0 Å². The Morgan fingerprint density at radius 1 is 0.344 bits per heavy atom. The zero-order chi connectivity index (χ0) is 70.7. The first-order chi connectivity index (χ1) is 44.9. The van der Waals surface area contributed by atoms with Crippen molar-refractivity contribution in [2.24, 2.45) is 0 Å². The van der Waals surface area contributed by atoms with Crippen molar-refractivity contribution in [2.75, 3.05) is 16.0 Å². The Kier molecular flexibility index (Phi) is 21.9. The molecular formula is C68H47Cl6F12N3O7. The number of carbonyl (C=O) groups is 3. The van der Waals surface area contributed by atoms with Crippen molar-refractivity contribution in [3.05, 3.63) is 278 Å². The number of ether oxygens (including phenoxy) is 1. The first-order valence-corrected chi connectivity index (χ1v) is 30.3. The monoisotopic (exact) mass is 1460 g/mol. The third-order valence-electron chi connectivity index (χ3n) is 15.4. The average molecular weight is 1460 g/mol. The van der Waals surface area contributed by atoms with Crippen LogP contribution in [0.1, 0.15) is 77.9 Å². The van der Waals surface area contributed by atoms with Gasteiger partial charge in [0.25, 0.3) is 0 Å². The summed E-state index contributed by atoms with van der Waals surface area (Å²) in [5, 5.41) is 36.2. The van der Waals surface area contributed by atoms with Crippen LogP contribution in [0.2, 0.25) is 0 Å². The molecule has 0 aromatic heterocycles. The van der Waals surface area contributed by atoms with Gasteiger partial charge in [0.15, 0.2) is 8.59 Å². The van der Waals surface area contributed by atoms with Gasteiger partial charge in [-0.1, -0.05) is 214 Å². The summed E-state index contributed by atoms with van der Waals surface area (Å²) in [5.41, 5.74) is -3.63. The normalized spacial score (nSPS) is 17.7. The molecule has 28 heteroatoms. The van der Waals surface area contributed by atoms with Crippen molar-refractivity contribution in [1.29, 1.82) is 0 Å². The molecule has 0 radical (unpaired) electrons. The van der Waals surface area contributed by atoms with Crippen molar-refractivity contribution in [3.63, 3.8) is 0 Å². The molecule has 3 aliphatic rings. The molecule has 0 spiro atoms. The van der Waals surface area contributed by atoms with E-state index in [1.54, 1.807) is 48.5 Å². The highest BCUT2D eigenvalue weighted by molar-refractivity contribution is 6.63. The van der Waals surface area contributed by atoms with E-state index in [4.69, 9.17) is 69.6 Å². The van der Waals surface area contributed by atoms with E-state index in [1.807, 2.05) is 38.1 Å². The van der Waals surface area contributed by atoms with E-state index in [1.165, 1.54) is 91.0 Å². The molecule has 0 bridgehead atoms. The number of alkyl halides is 18. The number of aromatic hydroxyl groups is 3. The quantitative estimate of drug-likeness (QED) is 0.0685. The number of halogens is 18. The van der Waals surface area contributed by atoms with Crippen LogP contribution in [-0.4, -0.2) is 48.0 Å². The maximum atomic E-state index is 13.6. The summed E-state index contributed by atoms with van der Waals surface area (Å²) in [6.07, 6.45) is -18.9. The lowest BCUT2D eigenvalue weighted by Gasteiger charge is -2.29. The molecule has 0 saturated heterocycles. The molecule has 3 aliphatic heterocycles. The third-order valence-corrected chi connectivity index (χ3v) is 15.4. The summed E-state index contributed by atoms with van der Waals surface area (Å²) >= 11 is 28.8. The Morgan fingerprint density at radius 3 is 0.760 bits per heavy atom. The standard InChI is InChI=1S/C22H13F6NO3.2C22H16F3NO2.2CHCl3/c23-21(24,25)17-3-1-2-16-18(17)29-19(31)20(16,12-4-8-14(30)9-5-12)13-6-10-15(11-7-13)32-22(26,27)28;2*1-13-5-7-14(8-6-13)21(15-9-11-16(27)12-10-15)17-3-2-4-18(22(23,24)25)19(17)26-20(21)28;2*2-1(3)4/h1-11,30H,(H,29,31);2*2-12,27H,1H3,(H,26,28);2*1H/t20-;21-;;;/m11.../s1. The van der Waals surface area contributed by atoms with Crippen LogP contribution in [-0.2, 0) is 49.2 Å². The van der Waals surface area contributed by atoms with Gasteiger partial charge in [0.05, 0.1) is 33.8 Å². The van der Waals surface area contributed by atoms with Crippen LogP contribution < -0.4 is 20.7 Å². The summed E-state index contributed by atoms with van der Waals surface area (Å²) in [5.74, 6) is -2.62. The number of phenols is 3. The summed E-state index contributed by atoms with van der Waals surface area (Å²) < 4.78 is 162. The molecule has 3 atom stereocenters. The zero-order valence-corrected chi connectivity index (χ0v) is 53.5. The first kappa shape index (κ1) is 73.3. The second kappa shape index (κ2) is 28.7. The van der Waals surface area contributed by atoms with E-state index in [9.17, 15) is 82.4 Å². The van der Waals surface area contributed by atoms with Crippen molar-refractivity contribution in [2.45, 2.75) is 63.6 Å². The highest BCUT2D eigenvalue weighted by atomic mass is 35.6. The van der Waals surface area contributed by atoms with E-state index in [0.717, 1.165) is 47.5 Å². The van der Waals surface area contributed by atoms with E-state index in [2.05, 4.69) is 20.7 Å². The number of phenolic OH excluding ortho intramolecular Hbond substituents is 3. The van der Waals surface area contributed by atoms with Gasteiger partial charge in [-0.2, -0.15) is 39.5 Å². The van der Waals surface area contributed by atoms with Gasteiger partial charge in [0.1, 0.15) is 39.2 Å². The lowest BCUT2D eigenvalue weighted by molar-refractivity contribution is -0.274. The number of hydrogen-bond acceptors (Lipinski definition) is 7. The number of fused-ring (bicyclic) bond motifs is 3. The molecule has 0 saturated carbocycles. The van der Waals surface area contributed by atoms with Crippen LogP contribution in [0.15, 0.2) is 200 Å².